The molecule has 0 atom stereocenters. The fraction of sp³-hybridized carbons (Fsp3) is 0.474. The van der Waals surface area contributed by atoms with Gasteiger partial charge in [0, 0.05) is 10.9 Å². The molecule has 0 saturated heterocycles. The lowest BCUT2D eigenvalue weighted by Gasteiger charge is -2.27. The van der Waals surface area contributed by atoms with Crippen LogP contribution in [0, 0.1) is 11.8 Å². The van der Waals surface area contributed by atoms with Gasteiger partial charge in [0.05, 0.1) is 0 Å². The maximum Gasteiger partial charge on any atom is 0.363 e. The zero-order valence-corrected chi connectivity index (χ0v) is 14.2. The number of esters is 1. The first kappa shape index (κ1) is 16.3. The molecule has 0 radical (unpaired) electrons. The summed E-state index contributed by atoms with van der Waals surface area (Å²) >= 11 is 5.88. The minimum Gasteiger partial charge on any atom is -0.406 e. The van der Waals surface area contributed by atoms with Crippen molar-refractivity contribution >= 4 is 29.5 Å². The molecular formula is C19H22ClNO2. The molecule has 23 heavy (non-hydrogen) atoms. The fourth-order valence-corrected chi connectivity index (χ4v) is 3.55. The van der Waals surface area contributed by atoms with Crippen molar-refractivity contribution in [2.24, 2.45) is 16.8 Å². The minimum atomic E-state index is -0.342. The summed E-state index contributed by atoms with van der Waals surface area (Å²) in [4.78, 5) is 16.5. The van der Waals surface area contributed by atoms with Crippen LogP contribution in [0.2, 0.25) is 5.02 Å². The second-order valence-corrected chi connectivity index (χ2v) is 6.86. The Hall–Kier alpha value is -1.61. The van der Waals surface area contributed by atoms with E-state index in [0.29, 0.717) is 22.5 Å². The van der Waals surface area contributed by atoms with Crippen molar-refractivity contribution in [2.45, 2.75) is 45.4 Å². The molecule has 3 rings (SSSR count). The van der Waals surface area contributed by atoms with Gasteiger partial charge in [-0.05, 0) is 55.4 Å². The lowest BCUT2D eigenvalue weighted by atomic mass is 9.80. The lowest BCUT2D eigenvalue weighted by molar-refractivity contribution is -0.130. The standard InChI is InChI=1S/C19H22ClNO2/c1-2-3-13-4-8-15(9-5-13)18-21-17(19(22)23-18)12-14-6-10-16(20)11-7-14/h6-7,10-13,15H,2-5,8-9H2,1H3. The molecule has 1 aliphatic carbocycles. The highest BCUT2D eigenvalue weighted by Crippen LogP contribution is 2.34. The third kappa shape index (κ3) is 4.03. The summed E-state index contributed by atoms with van der Waals surface area (Å²) in [5.74, 6) is 1.40. The summed E-state index contributed by atoms with van der Waals surface area (Å²) in [6.07, 6.45) is 8.89. The number of halogens is 1. The predicted octanol–water partition coefficient (Wildman–Crippen LogP) is 5.24. The van der Waals surface area contributed by atoms with Crippen molar-refractivity contribution in [3.05, 3.63) is 40.5 Å². The molecule has 4 heteroatoms. The average molecular weight is 332 g/mol. The third-order valence-electron chi connectivity index (χ3n) is 4.70. The largest absolute Gasteiger partial charge is 0.406 e. The van der Waals surface area contributed by atoms with Crippen LogP contribution < -0.4 is 0 Å². The summed E-state index contributed by atoms with van der Waals surface area (Å²) in [7, 11) is 0. The number of rotatable bonds is 4. The molecule has 0 unspecified atom stereocenters. The minimum absolute atomic E-state index is 0.295. The van der Waals surface area contributed by atoms with Crippen LogP contribution in [0.15, 0.2) is 35.0 Å². The van der Waals surface area contributed by atoms with Gasteiger partial charge in [0.1, 0.15) is 0 Å². The molecular weight excluding hydrogens is 310 g/mol. The molecule has 1 aromatic carbocycles. The monoisotopic (exact) mass is 331 g/mol. The number of benzene rings is 1. The smallest absolute Gasteiger partial charge is 0.363 e. The van der Waals surface area contributed by atoms with E-state index in [4.69, 9.17) is 16.3 Å². The number of nitrogens with zero attached hydrogens (tertiary/aromatic N) is 1. The Labute approximate surface area is 142 Å². The Kier molecular flexibility index (Phi) is 5.16. The van der Waals surface area contributed by atoms with Gasteiger partial charge in [-0.3, -0.25) is 0 Å². The highest BCUT2D eigenvalue weighted by molar-refractivity contribution is 6.30. The molecule has 1 aliphatic heterocycles. The van der Waals surface area contributed by atoms with Gasteiger partial charge in [-0.15, -0.1) is 0 Å². The van der Waals surface area contributed by atoms with Gasteiger partial charge in [-0.1, -0.05) is 43.5 Å². The Morgan fingerprint density at radius 1 is 1.22 bits per heavy atom. The maximum atomic E-state index is 12.0. The molecule has 0 aromatic heterocycles. The van der Waals surface area contributed by atoms with E-state index >= 15 is 0 Å². The first-order valence-corrected chi connectivity index (χ1v) is 8.81. The van der Waals surface area contributed by atoms with E-state index in [-0.39, 0.29) is 5.97 Å². The summed E-state index contributed by atoms with van der Waals surface area (Å²) in [5.41, 5.74) is 1.29. The van der Waals surface area contributed by atoms with Crippen LogP contribution in [0.5, 0.6) is 0 Å². The van der Waals surface area contributed by atoms with Gasteiger partial charge in [-0.2, -0.15) is 0 Å². The van der Waals surface area contributed by atoms with Gasteiger partial charge in [0.15, 0.2) is 5.70 Å². The van der Waals surface area contributed by atoms with E-state index in [1.807, 2.05) is 12.1 Å². The van der Waals surface area contributed by atoms with Crippen LogP contribution in [-0.2, 0) is 9.53 Å². The molecule has 1 heterocycles. The van der Waals surface area contributed by atoms with Crippen LogP contribution in [0.25, 0.3) is 6.08 Å². The van der Waals surface area contributed by atoms with Crippen molar-refractivity contribution < 1.29 is 9.53 Å². The SMILES string of the molecule is CCCC1CCC(C2=NC(=Cc3ccc(Cl)cc3)C(=O)O2)CC1. The van der Waals surface area contributed by atoms with Crippen molar-refractivity contribution in [3.8, 4) is 0 Å². The summed E-state index contributed by atoms with van der Waals surface area (Å²) < 4.78 is 5.42. The molecule has 0 spiro atoms. The number of ether oxygens (including phenoxy) is 1. The van der Waals surface area contributed by atoms with E-state index in [1.54, 1.807) is 18.2 Å². The predicted molar refractivity (Wildman–Crippen MR) is 93.3 cm³/mol. The topological polar surface area (TPSA) is 38.7 Å². The molecule has 3 nitrogen and oxygen atoms in total. The van der Waals surface area contributed by atoms with Crippen molar-refractivity contribution in [2.75, 3.05) is 0 Å². The van der Waals surface area contributed by atoms with Gasteiger partial charge in [0.2, 0.25) is 5.90 Å². The van der Waals surface area contributed by atoms with Gasteiger partial charge in [-0.25, -0.2) is 9.79 Å². The number of carbonyl (C=O) groups is 1. The van der Waals surface area contributed by atoms with E-state index in [9.17, 15) is 4.79 Å². The fourth-order valence-electron chi connectivity index (χ4n) is 3.42. The molecule has 0 bridgehead atoms. The Balaban J connectivity index is 1.68. The van der Waals surface area contributed by atoms with Gasteiger partial charge < -0.3 is 4.74 Å². The van der Waals surface area contributed by atoms with Crippen molar-refractivity contribution in [1.29, 1.82) is 0 Å². The summed E-state index contributed by atoms with van der Waals surface area (Å²) in [5, 5.41) is 0.675. The first-order chi connectivity index (χ1) is 11.2. The molecule has 1 aromatic rings. The van der Waals surface area contributed by atoms with Crippen LogP contribution in [0.4, 0.5) is 0 Å². The Bertz CT molecular complexity index is 625. The average Bonchev–Trinajstić information content (AvgIpc) is 2.92. The van der Waals surface area contributed by atoms with Gasteiger partial charge in [0.25, 0.3) is 0 Å². The second-order valence-electron chi connectivity index (χ2n) is 6.43. The number of aliphatic imine (C=N–C) groups is 1. The number of hydrogen-bond donors (Lipinski definition) is 0. The van der Waals surface area contributed by atoms with Crippen molar-refractivity contribution in [3.63, 3.8) is 0 Å². The summed E-state index contributed by atoms with van der Waals surface area (Å²) in [6, 6.07) is 7.33. The highest BCUT2D eigenvalue weighted by atomic mass is 35.5. The lowest BCUT2D eigenvalue weighted by Crippen LogP contribution is -2.22. The van der Waals surface area contributed by atoms with Crippen LogP contribution in [-0.4, -0.2) is 11.9 Å². The number of cyclic esters (lactones) is 1. The number of hydrogen-bond acceptors (Lipinski definition) is 3. The first-order valence-electron chi connectivity index (χ1n) is 8.43. The van der Waals surface area contributed by atoms with Crippen LogP contribution in [0.1, 0.15) is 51.0 Å². The Morgan fingerprint density at radius 3 is 2.57 bits per heavy atom. The van der Waals surface area contributed by atoms with E-state index in [2.05, 4.69) is 11.9 Å². The summed E-state index contributed by atoms with van der Waals surface area (Å²) in [6.45, 7) is 2.24. The molecule has 122 valence electrons. The normalized spacial score (nSPS) is 26.3. The zero-order valence-electron chi connectivity index (χ0n) is 13.4. The molecule has 0 N–H and O–H groups in total. The highest BCUT2D eigenvalue weighted by Gasteiger charge is 2.32. The van der Waals surface area contributed by atoms with E-state index in [0.717, 1.165) is 24.3 Å². The quantitative estimate of drug-likeness (QED) is 0.558. The van der Waals surface area contributed by atoms with Gasteiger partial charge >= 0.3 is 5.97 Å². The maximum absolute atomic E-state index is 12.0. The van der Waals surface area contributed by atoms with Crippen LogP contribution >= 0.6 is 11.6 Å². The van der Waals surface area contributed by atoms with E-state index in [1.165, 1.54) is 25.7 Å². The van der Waals surface area contributed by atoms with Crippen LogP contribution in [0.3, 0.4) is 0 Å². The molecule has 2 aliphatic rings. The molecule has 1 fully saturated rings. The van der Waals surface area contributed by atoms with Crippen molar-refractivity contribution in [1.82, 2.24) is 0 Å². The Morgan fingerprint density at radius 2 is 1.91 bits per heavy atom. The molecule has 0 amide bonds. The van der Waals surface area contributed by atoms with E-state index < -0.39 is 0 Å². The molecule has 1 saturated carbocycles. The third-order valence-corrected chi connectivity index (χ3v) is 4.96. The zero-order chi connectivity index (χ0) is 16.2. The number of carbonyl (C=O) groups excluding carboxylic acids is 1. The second kappa shape index (κ2) is 7.31.